The molecule has 0 bridgehead atoms. The Morgan fingerprint density at radius 3 is 2.81 bits per heavy atom. The number of nitrogen functional groups attached to an aromatic ring is 1. The van der Waals surface area contributed by atoms with Crippen LogP contribution in [0, 0.1) is 5.41 Å². The van der Waals surface area contributed by atoms with Gasteiger partial charge in [-0.3, -0.25) is 4.79 Å². The van der Waals surface area contributed by atoms with E-state index in [1.165, 1.54) is 56.3 Å². The van der Waals surface area contributed by atoms with Gasteiger partial charge in [-0.2, -0.15) is 0 Å². The van der Waals surface area contributed by atoms with Crippen LogP contribution in [0.2, 0.25) is 0 Å². The highest BCUT2D eigenvalue weighted by atomic mass is 32.1. The highest BCUT2D eigenvalue weighted by Gasteiger charge is 2.41. The van der Waals surface area contributed by atoms with E-state index in [0.29, 0.717) is 22.2 Å². The molecule has 0 radical (unpaired) electrons. The Bertz CT molecular complexity index is 520. The van der Waals surface area contributed by atoms with Gasteiger partial charge >= 0.3 is 0 Å². The lowest BCUT2D eigenvalue weighted by Crippen LogP contribution is -2.30. The molecule has 1 heterocycles. The van der Waals surface area contributed by atoms with Crippen LogP contribution in [0.3, 0.4) is 0 Å². The zero-order valence-electron chi connectivity index (χ0n) is 12.6. The van der Waals surface area contributed by atoms with Crippen molar-refractivity contribution in [1.29, 1.82) is 0 Å². The van der Waals surface area contributed by atoms with Crippen LogP contribution in [0.4, 0.5) is 10.9 Å². The summed E-state index contributed by atoms with van der Waals surface area (Å²) in [5.41, 5.74) is 6.25. The first-order chi connectivity index (χ1) is 10.1. The van der Waals surface area contributed by atoms with Crippen molar-refractivity contribution < 1.29 is 4.79 Å². The minimum absolute atomic E-state index is 0.0750. The van der Waals surface area contributed by atoms with E-state index in [1.54, 1.807) is 0 Å². The summed E-state index contributed by atoms with van der Waals surface area (Å²) in [4.78, 5) is 17.1. The number of nitrogens with two attached hydrogens (primary N) is 1. The number of carbonyl (C=O) groups excluding carboxylic acids is 1. The molecule has 5 nitrogen and oxygen atoms in total. The fourth-order valence-electron chi connectivity index (χ4n) is 2.85. The van der Waals surface area contributed by atoms with Gasteiger partial charge in [-0.15, -0.1) is 0 Å². The average Bonchev–Trinajstić information content (AvgIpc) is 3.07. The summed E-state index contributed by atoms with van der Waals surface area (Å²) in [5.74, 6) is 0.272. The molecule has 4 N–H and O–H groups in total. The van der Waals surface area contributed by atoms with E-state index < -0.39 is 0 Å². The summed E-state index contributed by atoms with van der Waals surface area (Å²) in [6.45, 7) is 2.96. The maximum absolute atomic E-state index is 12.3. The Morgan fingerprint density at radius 1 is 1.48 bits per heavy atom. The Morgan fingerprint density at radius 2 is 2.24 bits per heavy atom. The second-order valence-electron chi connectivity index (χ2n) is 6.44. The summed E-state index contributed by atoms with van der Waals surface area (Å²) in [6.07, 6.45) is 8.46. The van der Waals surface area contributed by atoms with Gasteiger partial charge in [0.2, 0.25) is 0 Å². The zero-order valence-corrected chi connectivity index (χ0v) is 13.4. The van der Waals surface area contributed by atoms with Crippen LogP contribution >= 0.6 is 11.3 Å². The third-order valence-corrected chi connectivity index (χ3v) is 5.65. The van der Waals surface area contributed by atoms with Gasteiger partial charge in [0.05, 0.1) is 0 Å². The van der Waals surface area contributed by atoms with Crippen molar-refractivity contribution in [2.45, 2.75) is 57.9 Å². The molecule has 1 amide bonds. The van der Waals surface area contributed by atoms with Gasteiger partial charge in [0.15, 0.2) is 5.13 Å². The fourth-order valence-corrected chi connectivity index (χ4v) is 3.73. The van der Waals surface area contributed by atoms with Crippen LogP contribution in [-0.2, 0) is 0 Å². The van der Waals surface area contributed by atoms with Gasteiger partial charge < -0.3 is 16.4 Å². The quantitative estimate of drug-likeness (QED) is 0.723. The lowest BCUT2D eigenvalue weighted by atomic mass is 9.93. The van der Waals surface area contributed by atoms with E-state index in [-0.39, 0.29) is 5.91 Å². The number of carbonyl (C=O) groups is 1. The zero-order chi connectivity index (χ0) is 14.9. The first-order valence-corrected chi connectivity index (χ1v) is 8.74. The van der Waals surface area contributed by atoms with Crippen molar-refractivity contribution in [3.8, 4) is 0 Å². The van der Waals surface area contributed by atoms with E-state index in [4.69, 9.17) is 5.73 Å². The summed E-state index contributed by atoms with van der Waals surface area (Å²) < 4.78 is 0. The minimum atomic E-state index is -0.0750. The molecular weight excluding hydrogens is 284 g/mol. The predicted octanol–water partition coefficient (Wildman–Crippen LogP) is 3.00. The maximum atomic E-state index is 12.3. The summed E-state index contributed by atoms with van der Waals surface area (Å²) in [7, 11) is 0. The topological polar surface area (TPSA) is 80.0 Å². The third-order valence-electron chi connectivity index (χ3n) is 4.65. The second-order valence-corrected chi connectivity index (χ2v) is 7.44. The molecule has 116 valence electrons. The monoisotopic (exact) mass is 308 g/mol. The van der Waals surface area contributed by atoms with Gasteiger partial charge in [-0.1, -0.05) is 24.7 Å². The van der Waals surface area contributed by atoms with Crippen LogP contribution in [0.1, 0.15) is 61.5 Å². The normalized spacial score (nSPS) is 19.9. The maximum Gasteiger partial charge on any atom is 0.265 e. The molecule has 6 heteroatoms. The van der Waals surface area contributed by atoms with Crippen LogP contribution < -0.4 is 16.4 Å². The molecule has 0 atom stereocenters. The van der Waals surface area contributed by atoms with Gasteiger partial charge in [0, 0.05) is 12.6 Å². The van der Waals surface area contributed by atoms with E-state index in [9.17, 15) is 4.79 Å². The van der Waals surface area contributed by atoms with Gasteiger partial charge in [-0.05, 0) is 43.9 Å². The largest absolute Gasteiger partial charge is 0.382 e. The van der Waals surface area contributed by atoms with Crippen molar-refractivity contribution >= 4 is 28.2 Å². The van der Waals surface area contributed by atoms with Crippen molar-refractivity contribution in [3.05, 3.63) is 4.88 Å². The lowest BCUT2D eigenvalue weighted by molar-refractivity contribution is 0.0948. The van der Waals surface area contributed by atoms with Crippen LogP contribution in [0.5, 0.6) is 0 Å². The fraction of sp³-hybridized carbons (Fsp3) is 0.733. The Kier molecular flexibility index (Phi) is 4.06. The number of anilines is 2. The highest BCUT2D eigenvalue weighted by Crippen LogP contribution is 2.49. The van der Waals surface area contributed by atoms with Gasteiger partial charge in [0.25, 0.3) is 5.91 Å². The molecule has 2 aliphatic rings. The van der Waals surface area contributed by atoms with Gasteiger partial charge in [-0.25, -0.2) is 4.98 Å². The second kappa shape index (κ2) is 5.83. The molecule has 0 aliphatic heterocycles. The van der Waals surface area contributed by atoms with Crippen molar-refractivity contribution in [2.75, 3.05) is 17.6 Å². The molecule has 0 unspecified atom stereocenters. The summed E-state index contributed by atoms with van der Waals surface area (Å²) >= 11 is 1.37. The van der Waals surface area contributed by atoms with E-state index in [2.05, 4.69) is 22.5 Å². The molecule has 2 fully saturated rings. The number of amides is 1. The van der Waals surface area contributed by atoms with Crippen molar-refractivity contribution in [2.24, 2.45) is 5.41 Å². The van der Waals surface area contributed by atoms with Crippen molar-refractivity contribution in [3.63, 3.8) is 0 Å². The first kappa shape index (κ1) is 14.6. The molecule has 1 aromatic rings. The Balaban J connectivity index is 1.56. The number of hydrogen-bond acceptors (Lipinski definition) is 5. The minimum Gasteiger partial charge on any atom is -0.382 e. The number of nitrogens with zero attached hydrogens (tertiary/aromatic N) is 1. The molecule has 2 saturated carbocycles. The van der Waals surface area contributed by atoms with Crippen LogP contribution in [0.15, 0.2) is 0 Å². The number of rotatable bonds is 7. The molecular formula is C15H24N4OS. The first-order valence-electron chi connectivity index (χ1n) is 7.93. The number of hydrogen-bond donors (Lipinski definition) is 3. The summed E-state index contributed by atoms with van der Waals surface area (Å²) in [5, 5.41) is 7.17. The smallest absolute Gasteiger partial charge is 0.265 e. The summed E-state index contributed by atoms with van der Waals surface area (Å²) in [6, 6.07) is 0.505. The van der Waals surface area contributed by atoms with Crippen LogP contribution in [0.25, 0.3) is 0 Å². The third kappa shape index (κ3) is 3.31. The van der Waals surface area contributed by atoms with E-state index in [1.807, 2.05) is 0 Å². The SMILES string of the molecule is CCCC1(CNC(=O)c2sc(NC3CCC3)nc2N)CC1. The molecule has 0 spiro atoms. The molecule has 1 aromatic heterocycles. The molecule has 21 heavy (non-hydrogen) atoms. The number of thiazole rings is 1. The number of aromatic nitrogens is 1. The predicted molar refractivity (Wildman–Crippen MR) is 86.7 cm³/mol. The van der Waals surface area contributed by atoms with Crippen molar-refractivity contribution in [1.82, 2.24) is 10.3 Å². The average molecular weight is 308 g/mol. The Labute approximate surface area is 129 Å². The highest BCUT2D eigenvalue weighted by molar-refractivity contribution is 7.18. The van der Waals surface area contributed by atoms with E-state index in [0.717, 1.165) is 11.7 Å². The Hall–Kier alpha value is -1.30. The lowest BCUT2D eigenvalue weighted by Gasteiger charge is -2.25. The molecule has 2 aliphatic carbocycles. The van der Waals surface area contributed by atoms with E-state index >= 15 is 0 Å². The van der Waals surface area contributed by atoms with Crippen LogP contribution in [-0.4, -0.2) is 23.5 Å². The molecule has 0 aromatic carbocycles. The molecule has 3 rings (SSSR count). The standard InChI is InChI=1S/C15H24N4OS/c1-2-6-15(7-8-15)9-17-13(20)11-12(16)19-14(21-11)18-10-4-3-5-10/h10H,2-9,16H2,1H3,(H,17,20)(H,18,19). The molecule has 0 saturated heterocycles. The number of nitrogens with one attached hydrogen (secondary N) is 2. The van der Waals surface area contributed by atoms with Gasteiger partial charge in [0.1, 0.15) is 10.7 Å².